The van der Waals surface area contributed by atoms with E-state index >= 15 is 0 Å². The Hall–Kier alpha value is -2.45. The lowest BCUT2D eigenvalue weighted by molar-refractivity contribution is 0.0952. The molecular weight excluding hydrogens is 555 g/mol. The van der Waals surface area contributed by atoms with Gasteiger partial charge in [-0.2, -0.15) is 5.10 Å². The number of carbonyl (C=O) groups is 1. The van der Waals surface area contributed by atoms with E-state index < -0.39 is 5.91 Å². The number of halogens is 4. The first kappa shape index (κ1) is 25.2. The number of nitrogens with zero attached hydrogens (tertiary/aromatic N) is 1. The lowest BCUT2D eigenvalue weighted by Gasteiger charge is -2.14. The molecule has 0 atom stereocenters. The molecule has 0 aromatic heterocycles. The summed E-state index contributed by atoms with van der Waals surface area (Å²) in [5.41, 5.74) is 4.14. The molecule has 0 aliphatic rings. The molecule has 0 heterocycles. The van der Waals surface area contributed by atoms with Gasteiger partial charge in [-0.05, 0) is 48.0 Å². The summed E-state index contributed by atoms with van der Waals surface area (Å²) in [6.45, 7) is 0.171. The predicted molar refractivity (Wildman–Crippen MR) is 135 cm³/mol. The van der Waals surface area contributed by atoms with Gasteiger partial charge in [-0.1, -0.05) is 56.8 Å². The van der Waals surface area contributed by atoms with Gasteiger partial charge in [0.15, 0.2) is 11.5 Å². The van der Waals surface area contributed by atoms with E-state index in [2.05, 4.69) is 26.5 Å². The third-order valence-corrected chi connectivity index (χ3v) is 5.79. The quantitative estimate of drug-likeness (QED) is 0.239. The van der Waals surface area contributed by atoms with Crippen LogP contribution in [0.5, 0.6) is 17.2 Å². The Morgan fingerprint density at radius 3 is 2.45 bits per heavy atom. The Morgan fingerprint density at radius 1 is 1.00 bits per heavy atom. The number of carbonyl (C=O) groups excluding carboxylic acids is 1. The molecule has 0 unspecified atom stereocenters. The van der Waals surface area contributed by atoms with E-state index in [0.717, 1.165) is 10.0 Å². The van der Waals surface area contributed by atoms with Crippen LogP contribution in [0.15, 0.2) is 58.1 Å². The molecule has 0 fully saturated rings. The fourth-order valence-electron chi connectivity index (χ4n) is 2.83. The maximum atomic E-state index is 12.5. The predicted octanol–water partition coefficient (Wildman–Crippen LogP) is 6.77. The van der Waals surface area contributed by atoms with E-state index in [4.69, 9.17) is 49.0 Å². The van der Waals surface area contributed by atoms with Crippen LogP contribution >= 0.6 is 50.7 Å². The monoisotopic (exact) mass is 570 g/mol. The standard InChI is InChI=1S/C23H18BrCl3N2O4/c1-31-20-6-4-15(24)9-17(20)23(30)29-28-11-13-7-19(27)22(21(8-13)32-2)33-12-14-3-5-16(25)10-18(14)26/h3-11H,12H2,1-2H3,(H,29,30)/b28-11-. The Bertz CT molecular complexity index is 1200. The fourth-order valence-corrected chi connectivity index (χ4v) is 3.92. The second-order valence-electron chi connectivity index (χ2n) is 6.60. The number of hydrogen-bond acceptors (Lipinski definition) is 5. The average Bonchev–Trinajstić information content (AvgIpc) is 2.79. The minimum absolute atomic E-state index is 0.171. The highest BCUT2D eigenvalue weighted by atomic mass is 79.9. The first-order valence-electron chi connectivity index (χ1n) is 9.43. The highest BCUT2D eigenvalue weighted by Crippen LogP contribution is 2.37. The smallest absolute Gasteiger partial charge is 0.275 e. The number of amides is 1. The molecule has 0 radical (unpaired) electrons. The van der Waals surface area contributed by atoms with E-state index in [0.29, 0.717) is 43.4 Å². The number of rotatable bonds is 8. The van der Waals surface area contributed by atoms with E-state index in [1.807, 2.05) is 0 Å². The van der Waals surface area contributed by atoms with Crippen LogP contribution in [-0.2, 0) is 6.61 Å². The Labute approximate surface area is 214 Å². The summed E-state index contributed by atoms with van der Waals surface area (Å²) in [5, 5.41) is 5.33. The second kappa shape index (κ2) is 11.6. The fraction of sp³-hybridized carbons (Fsp3) is 0.130. The summed E-state index contributed by atoms with van der Waals surface area (Å²) >= 11 is 21.9. The van der Waals surface area contributed by atoms with Crippen molar-refractivity contribution in [3.63, 3.8) is 0 Å². The highest BCUT2D eigenvalue weighted by molar-refractivity contribution is 9.10. The van der Waals surface area contributed by atoms with Crippen LogP contribution in [0.25, 0.3) is 0 Å². The number of nitrogens with one attached hydrogen (secondary N) is 1. The molecule has 0 aliphatic carbocycles. The third-order valence-electron chi connectivity index (χ3n) is 4.42. The van der Waals surface area contributed by atoms with Crippen molar-refractivity contribution in [2.75, 3.05) is 14.2 Å². The zero-order valence-corrected chi connectivity index (χ0v) is 21.3. The van der Waals surface area contributed by atoms with Gasteiger partial charge < -0.3 is 14.2 Å². The van der Waals surface area contributed by atoms with Gasteiger partial charge in [0.2, 0.25) is 0 Å². The van der Waals surface area contributed by atoms with Crippen LogP contribution in [0.3, 0.4) is 0 Å². The van der Waals surface area contributed by atoms with Gasteiger partial charge in [0.1, 0.15) is 12.4 Å². The van der Waals surface area contributed by atoms with Crippen molar-refractivity contribution < 1.29 is 19.0 Å². The minimum atomic E-state index is -0.428. The first-order valence-corrected chi connectivity index (χ1v) is 11.4. The molecule has 3 rings (SSSR count). The molecule has 0 spiro atoms. The van der Waals surface area contributed by atoms with Gasteiger partial charge in [0, 0.05) is 20.1 Å². The first-order chi connectivity index (χ1) is 15.8. The summed E-state index contributed by atoms with van der Waals surface area (Å²) in [7, 11) is 2.98. The van der Waals surface area contributed by atoms with E-state index in [1.165, 1.54) is 20.4 Å². The van der Waals surface area contributed by atoms with Crippen molar-refractivity contribution in [1.82, 2.24) is 5.43 Å². The van der Waals surface area contributed by atoms with Crippen molar-refractivity contribution in [2.45, 2.75) is 6.61 Å². The summed E-state index contributed by atoms with van der Waals surface area (Å²) in [5.74, 6) is 0.749. The zero-order chi connectivity index (χ0) is 24.0. The molecule has 0 saturated carbocycles. The number of hydrazone groups is 1. The van der Waals surface area contributed by atoms with E-state index in [1.54, 1.807) is 48.5 Å². The van der Waals surface area contributed by atoms with Gasteiger partial charge in [0.05, 0.1) is 31.0 Å². The lowest BCUT2D eigenvalue weighted by atomic mass is 10.2. The van der Waals surface area contributed by atoms with Crippen molar-refractivity contribution in [1.29, 1.82) is 0 Å². The molecule has 0 aliphatic heterocycles. The molecule has 3 aromatic rings. The van der Waals surface area contributed by atoms with Crippen LogP contribution in [0.2, 0.25) is 15.1 Å². The number of hydrogen-bond donors (Lipinski definition) is 1. The molecule has 0 bridgehead atoms. The van der Waals surface area contributed by atoms with Crippen molar-refractivity contribution >= 4 is 62.9 Å². The summed E-state index contributed by atoms with van der Waals surface area (Å²) in [6, 6.07) is 13.6. The molecule has 10 heteroatoms. The minimum Gasteiger partial charge on any atom is -0.496 e. The maximum Gasteiger partial charge on any atom is 0.275 e. The lowest BCUT2D eigenvalue weighted by Crippen LogP contribution is -2.18. The Morgan fingerprint density at radius 2 is 1.76 bits per heavy atom. The van der Waals surface area contributed by atoms with Crippen LogP contribution in [0, 0.1) is 0 Å². The average molecular weight is 573 g/mol. The van der Waals surface area contributed by atoms with E-state index in [-0.39, 0.29) is 6.61 Å². The number of ether oxygens (including phenoxy) is 3. The summed E-state index contributed by atoms with van der Waals surface area (Å²) in [4.78, 5) is 12.5. The third kappa shape index (κ3) is 6.54. The van der Waals surface area contributed by atoms with Gasteiger partial charge in [0.25, 0.3) is 5.91 Å². The molecule has 6 nitrogen and oxygen atoms in total. The van der Waals surface area contributed by atoms with Gasteiger partial charge in [-0.3, -0.25) is 4.79 Å². The van der Waals surface area contributed by atoms with E-state index in [9.17, 15) is 4.79 Å². The molecule has 0 saturated heterocycles. The van der Waals surface area contributed by atoms with Gasteiger partial charge >= 0.3 is 0 Å². The normalized spacial score (nSPS) is 10.8. The van der Waals surface area contributed by atoms with Gasteiger partial charge in [-0.15, -0.1) is 0 Å². The maximum absolute atomic E-state index is 12.5. The van der Waals surface area contributed by atoms with Crippen molar-refractivity contribution in [3.8, 4) is 17.2 Å². The molecular formula is C23H18BrCl3N2O4. The summed E-state index contributed by atoms with van der Waals surface area (Å²) in [6.07, 6.45) is 1.44. The topological polar surface area (TPSA) is 69.2 Å². The molecule has 1 amide bonds. The molecule has 1 N–H and O–H groups in total. The number of methoxy groups -OCH3 is 2. The highest BCUT2D eigenvalue weighted by Gasteiger charge is 2.14. The van der Waals surface area contributed by atoms with Crippen LogP contribution < -0.4 is 19.6 Å². The second-order valence-corrected chi connectivity index (χ2v) is 8.77. The van der Waals surface area contributed by atoms with Crippen LogP contribution in [-0.4, -0.2) is 26.3 Å². The van der Waals surface area contributed by atoms with Crippen molar-refractivity contribution in [2.24, 2.45) is 5.10 Å². The zero-order valence-electron chi connectivity index (χ0n) is 17.5. The van der Waals surface area contributed by atoms with Crippen molar-refractivity contribution in [3.05, 3.63) is 84.8 Å². The molecule has 172 valence electrons. The van der Waals surface area contributed by atoms with Gasteiger partial charge in [-0.25, -0.2) is 5.43 Å². The van der Waals surface area contributed by atoms with Crippen LogP contribution in [0.1, 0.15) is 21.5 Å². The largest absolute Gasteiger partial charge is 0.496 e. The molecule has 33 heavy (non-hydrogen) atoms. The summed E-state index contributed by atoms with van der Waals surface area (Å²) < 4.78 is 17.2. The Kier molecular flexibility index (Phi) is 8.86. The SMILES string of the molecule is COc1ccc(Br)cc1C(=O)N/N=C\c1cc(Cl)c(OCc2ccc(Cl)cc2Cl)c(OC)c1. The van der Waals surface area contributed by atoms with Crippen LogP contribution in [0.4, 0.5) is 0 Å². The number of benzene rings is 3. The molecule has 3 aromatic carbocycles. The Balaban J connectivity index is 1.73.